The molecule has 1 unspecified atom stereocenters. The fourth-order valence-electron chi connectivity index (χ4n) is 3.63. The highest BCUT2D eigenvalue weighted by atomic mass is 32.2. The minimum atomic E-state index is -3.06. The minimum Gasteiger partial charge on any atom is -0.350 e. The number of sulfone groups is 1. The zero-order valence-corrected chi connectivity index (χ0v) is 16.8. The van der Waals surface area contributed by atoms with E-state index >= 15 is 0 Å². The van der Waals surface area contributed by atoms with Crippen molar-refractivity contribution in [2.45, 2.75) is 18.9 Å². The van der Waals surface area contributed by atoms with E-state index in [0.717, 1.165) is 23.2 Å². The number of nitrogens with one attached hydrogen (secondary N) is 1. The van der Waals surface area contributed by atoms with Gasteiger partial charge in [-0.15, -0.1) is 0 Å². The molecule has 1 N–H and O–H groups in total. The zero-order valence-electron chi connectivity index (χ0n) is 16.0. The third-order valence-corrected chi connectivity index (χ3v) is 6.88. The first-order valence-corrected chi connectivity index (χ1v) is 11.5. The maximum absolute atomic E-state index is 12.7. The van der Waals surface area contributed by atoms with Gasteiger partial charge in [-0.3, -0.25) is 9.48 Å². The molecule has 150 valence electrons. The summed E-state index contributed by atoms with van der Waals surface area (Å²) in [6.07, 6.45) is 1.25. The summed E-state index contributed by atoms with van der Waals surface area (Å²) < 4.78 is 25.6. The number of rotatable bonds is 6. The lowest BCUT2D eigenvalue weighted by Crippen LogP contribution is -2.26. The van der Waals surface area contributed by atoms with Gasteiger partial charge in [0.15, 0.2) is 15.5 Å². The summed E-state index contributed by atoms with van der Waals surface area (Å²) >= 11 is 0. The Labute approximate surface area is 170 Å². The number of carbonyl (C=O) groups is 1. The predicted molar refractivity (Wildman–Crippen MR) is 112 cm³/mol. The third kappa shape index (κ3) is 4.56. The van der Waals surface area contributed by atoms with Crippen LogP contribution in [0.15, 0.2) is 66.7 Å². The molecule has 0 spiro atoms. The summed E-state index contributed by atoms with van der Waals surface area (Å²) in [5.41, 5.74) is 3.13. The van der Waals surface area contributed by atoms with Crippen LogP contribution in [-0.4, -0.2) is 42.2 Å². The van der Waals surface area contributed by atoms with Crippen LogP contribution in [0.2, 0.25) is 0 Å². The molecule has 3 aromatic rings. The Hall–Kier alpha value is -2.93. The molecule has 1 aliphatic rings. The molecule has 0 radical (unpaired) electrons. The molecule has 0 bridgehead atoms. The summed E-state index contributed by atoms with van der Waals surface area (Å²) in [7, 11) is -3.06. The average Bonchev–Trinajstić information content (AvgIpc) is 3.33. The standard InChI is InChI=1S/C22H23N3O3S/c26-22(23-13-11-17-7-3-1-4-8-17)20-15-21(18-9-5-2-6-10-18)25(24-20)19-12-14-29(27,28)16-19/h1-10,15,19H,11-14,16H2,(H,23,26). The molecule has 2 aromatic carbocycles. The van der Waals surface area contributed by atoms with Crippen molar-refractivity contribution in [3.8, 4) is 11.3 Å². The van der Waals surface area contributed by atoms with Crippen molar-refractivity contribution in [2.75, 3.05) is 18.1 Å². The van der Waals surface area contributed by atoms with Crippen LogP contribution in [0.3, 0.4) is 0 Å². The fourth-order valence-corrected chi connectivity index (χ4v) is 5.32. The molecule has 6 nitrogen and oxygen atoms in total. The molecule has 1 atom stereocenters. The Balaban J connectivity index is 1.55. The Bertz CT molecular complexity index is 1090. The first-order valence-electron chi connectivity index (χ1n) is 9.69. The number of amides is 1. The highest BCUT2D eigenvalue weighted by molar-refractivity contribution is 7.91. The van der Waals surface area contributed by atoms with Gasteiger partial charge in [-0.05, 0) is 30.0 Å². The molecule has 1 saturated heterocycles. The first kappa shape index (κ1) is 19.4. The normalized spacial score (nSPS) is 17.9. The first-order chi connectivity index (χ1) is 14.0. The maximum atomic E-state index is 12.7. The van der Waals surface area contributed by atoms with Crippen molar-refractivity contribution in [3.05, 3.63) is 78.0 Å². The van der Waals surface area contributed by atoms with Gasteiger partial charge in [-0.2, -0.15) is 5.10 Å². The van der Waals surface area contributed by atoms with Gasteiger partial charge in [0.25, 0.3) is 5.91 Å². The van der Waals surface area contributed by atoms with E-state index in [1.54, 1.807) is 10.7 Å². The predicted octanol–water partition coefficient (Wildman–Crippen LogP) is 2.88. The van der Waals surface area contributed by atoms with Crippen molar-refractivity contribution in [1.82, 2.24) is 15.1 Å². The molecule has 1 aromatic heterocycles. The maximum Gasteiger partial charge on any atom is 0.271 e. The quantitative estimate of drug-likeness (QED) is 0.679. The summed E-state index contributed by atoms with van der Waals surface area (Å²) in [6, 6.07) is 21.1. The molecular weight excluding hydrogens is 386 g/mol. The van der Waals surface area contributed by atoms with Gasteiger partial charge in [-0.25, -0.2) is 8.42 Å². The van der Waals surface area contributed by atoms with Crippen molar-refractivity contribution in [3.63, 3.8) is 0 Å². The van der Waals surface area contributed by atoms with Gasteiger partial charge in [0.2, 0.25) is 0 Å². The van der Waals surface area contributed by atoms with Gasteiger partial charge in [-0.1, -0.05) is 60.7 Å². The van der Waals surface area contributed by atoms with E-state index in [1.807, 2.05) is 60.7 Å². The Kier molecular flexibility index (Phi) is 5.49. The Morgan fingerprint density at radius 2 is 1.76 bits per heavy atom. The highest BCUT2D eigenvalue weighted by Gasteiger charge is 2.32. The Morgan fingerprint density at radius 1 is 1.07 bits per heavy atom. The van der Waals surface area contributed by atoms with E-state index in [0.29, 0.717) is 18.7 Å². The lowest BCUT2D eigenvalue weighted by Gasteiger charge is -2.13. The van der Waals surface area contributed by atoms with Crippen LogP contribution >= 0.6 is 0 Å². The van der Waals surface area contributed by atoms with Crippen LogP contribution < -0.4 is 5.32 Å². The van der Waals surface area contributed by atoms with E-state index in [9.17, 15) is 13.2 Å². The van der Waals surface area contributed by atoms with Crippen LogP contribution in [0.5, 0.6) is 0 Å². The molecule has 0 aliphatic carbocycles. The second-order valence-electron chi connectivity index (χ2n) is 7.27. The van der Waals surface area contributed by atoms with Crippen molar-refractivity contribution in [1.29, 1.82) is 0 Å². The van der Waals surface area contributed by atoms with E-state index in [2.05, 4.69) is 10.4 Å². The lowest BCUT2D eigenvalue weighted by atomic mass is 10.1. The summed E-state index contributed by atoms with van der Waals surface area (Å²) in [4.78, 5) is 12.7. The molecule has 0 saturated carbocycles. The zero-order chi connectivity index (χ0) is 20.3. The SMILES string of the molecule is O=C(NCCc1ccccc1)c1cc(-c2ccccc2)n(C2CCS(=O)(=O)C2)n1. The number of hydrogen-bond donors (Lipinski definition) is 1. The van der Waals surface area contributed by atoms with Crippen molar-refractivity contribution < 1.29 is 13.2 Å². The molecule has 29 heavy (non-hydrogen) atoms. The topological polar surface area (TPSA) is 81.1 Å². The molecule has 1 aliphatic heterocycles. The van der Waals surface area contributed by atoms with E-state index in [4.69, 9.17) is 0 Å². The summed E-state index contributed by atoms with van der Waals surface area (Å²) in [6.45, 7) is 0.508. The monoisotopic (exact) mass is 409 g/mol. The number of carbonyl (C=O) groups excluding carboxylic acids is 1. The van der Waals surface area contributed by atoms with Gasteiger partial charge in [0.05, 0.1) is 23.2 Å². The van der Waals surface area contributed by atoms with E-state index in [1.165, 1.54) is 0 Å². The average molecular weight is 410 g/mol. The van der Waals surface area contributed by atoms with Crippen LogP contribution in [0, 0.1) is 0 Å². The molecular formula is C22H23N3O3S. The molecule has 1 amide bonds. The van der Waals surface area contributed by atoms with Crippen LogP contribution in [0.4, 0.5) is 0 Å². The third-order valence-electron chi connectivity index (χ3n) is 5.13. The van der Waals surface area contributed by atoms with Gasteiger partial charge < -0.3 is 5.32 Å². The summed E-state index contributed by atoms with van der Waals surface area (Å²) in [5, 5.41) is 7.41. The fraction of sp³-hybridized carbons (Fsp3) is 0.273. The van der Waals surface area contributed by atoms with Crippen LogP contribution in [0.1, 0.15) is 28.5 Å². The summed E-state index contributed by atoms with van der Waals surface area (Å²) in [5.74, 6) is -0.0359. The largest absolute Gasteiger partial charge is 0.350 e. The molecule has 2 heterocycles. The second kappa shape index (κ2) is 8.21. The number of aromatic nitrogens is 2. The van der Waals surface area contributed by atoms with Gasteiger partial charge in [0.1, 0.15) is 0 Å². The minimum absolute atomic E-state index is 0.0591. The number of hydrogen-bond acceptors (Lipinski definition) is 4. The molecule has 7 heteroatoms. The Morgan fingerprint density at radius 3 is 2.41 bits per heavy atom. The van der Waals surface area contributed by atoms with Gasteiger partial charge in [0, 0.05) is 6.54 Å². The van der Waals surface area contributed by atoms with Crippen LogP contribution in [0.25, 0.3) is 11.3 Å². The highest BCUT2D eigenvalue weighted by Crippen LogP contribution is 2.30. The van der Waals surface area contributed by atoms with E-state index in [-0.39, 0.29) is 23.5 Å². The van der Waals surface area contributed by atoms with E-state index < -0.39 is 9.84 Å². The molecule has 4 rings (SSSR count). The lowest BCUT2D eigenvalue weighted by molar-refractivity contribution is 0.0948. The smallest absolute Gasteiger partial charge is 0.271 e. The molecule has 1 fully saturated rings. The van der Waals surface area contributed by atoms with Gasteiger partial charge >= 0.3 is 0 Å². The number of nitrogens with zero attached hydrogens (tertiary/aromatic N) is 2. The second-order valence-corrected chi connectivity index (χ2v) is 9.50. The van der Waals surface area contributed by atoms with Crippen molar-refractivity contribution >= 4 is 15.7 Å². The number of benzene rings is 2. The van der Waals surface area contributed by atoms with Crippen molar-refractivity contribution in [2.24, 2.45) is 0 Å². The van der Waals surface area contributed by atoms with Crippen LogP contribution in [-0.2, 0) is 16.3 Å².